The maximum atomic E-state index is 13.6. The Morgan fingerprint density at radius 2 is 1.68 bits per heavy atom. The average Bonchev–Trinajstić information content (AvgIpc) is 3.26. The summed E-state index contributed by atoms with van der Waals surface area (Å²) in [6.07, 6.45) is 2.26. The number of hydrogen-bond donors (Lipinski definition) is 0. The lowest BCUT2D eigenvalue weighted by Gasteiger charge is -2.41. The molecule has 2 unspecified atom stereocenters. The van der Waals surface area contributed by atoms with Gasteiger partial charge in [0.15, 0.2) is 0 Å². The fourth-order valence-corrected chi connectivity index (χ4v) is 5.18. The lowest BCUT2D eigenvalue weighted by atomic mass is 10.1. The molecule has 34 heavy (non-hydrogen) atoms. The largest absolute Gasteiger partial charge is 0.352 e. The summed E-state index contributed by atoms with van der Waals surface area (Å²) in [6, 6.07) is 12.5. The Morgan fingerprint density at radius 3 is 2.38 bits per heavy atom. The van der Waals surface area contributed by atoms with E-state index in [0.29, 0.717) is 22.0 Å². The molecule has 1 aromatic carbocycles. The molecule has 0 amide bonds. The molecule has 2 saturated heterocycles. The zero-order valence-electron chi connectivity index (χ0n) is 19.3. The molecule has 0 aliphatic carbocycles. The second-order valence-electron chi connectivity index (χ2n) is 9.03. The van der Waals surface area contributed by atoms with Crippen molar-refractivity contribution in [3.8, 4) is 11.3 Å². The van der Waals surface area contributed by atoms with Crippen LogP contribution in [0.1, 0.15) is 26.7 Å². The molecule has 2 atom stereocenters. The first-order valence-corrected chi connectivity index (χ1v) is 12.4. The topological polar surface area (TPSA) is 48.4 Å². The minimum atomic E-state index is -0.260. The van der Waals surface area contributed by atoms with Crippen molar-refractivity contribution in [2.45, 2.75) is 38.8 Å². The Hall–Kier alpha value is -2.64. The number of pyridine rings is 1. The van der Waals surface area contributed by atoms with Gasteiger partial charge in [-0.3, -0.25) is 0 Å². The highest BCUT2D eigenvalue weighted by Crippen LogP contribution is 2.32. The molecule has 0 bridgehead atoms. The Balaban J connectivity index is 1.47. The summed E-state index contributed by atoms with van der Waals surface area (Å²) >= 11 is 12.5. The Bertz CT molecular complexity index is 1170. The maximum Gasteiger partial charge on any atom is 0.228 e. The summed E-state index contributed by atoms with van der Waals surface area (Å²) in [4.78, 5) is 21.1. The van der Waals surface area contributed by atoms with Crippen LogP contribution < -0.4 is 14.7 Å². The van der Waals surface area contributed by atoms with E-state index in [9.17, 15) is 4.39 Å². The quantitative estimate of drug-likeness (QED) is 0.429. The molecule has 0 radical (unpaired) electrons. The van der Waals surface area contributed by atoms with Gasteiger partial charge >= 0.3 is 0 Å². The van der Waals surface area contributed by atoms with Crippen LogP contribution in [0.4, 0.5) is 22.0 Å². The molecule has 0 saturated carbocycles. The standard InChI is InChI=1S/C25H27Cl2FN6/c1-16-4-3-11-34(16)25-29-21(18-5-7-19(28)8-6-18)14-23(31-25)33-13-12-32(15-17(33)2)24-20(26)9-10-22(27)30-24/h5-10,14,16-17H,3-4,11-13,15H2,1-2H3. The Kier molecular flexibility index (Phi) is 6.49. The SMILES string of the molecule is CC1CN(c2nc(Cl)ccc2Cl)CCN1c1cc(-c2ccc(F)cc2)nc(N2CCCC2C)n1. The molecule has 5 rings (SSSR count). The highest BCUT2D eigenvalue weighted by Gasteiger charge is 2.29. The molecule has 2 aromatic heterocycles. The lowest BCUT2D eigenvalue weighted by molar-refractivity contribution is 0.542. The van der Waals surface area contributed by atoms with Crippen LogP contribution >= 0.6 is 23.2 Å². The van der Waals surface area contributed by atoms with Gasteiger partial charge in [0, 0.05) is 49.9 Å². The summed E-state index contributed by atoms with van der Waals surface area (Å²) in [6.45, 7) is 7.55. The third kappa shape index (κ3) is 4.64. The van der Waals surface area contributed by atoms with Crippen LogP contribution in [-0.2, 0) is 0 Å². The van der Waals surface area contributed by atoms with E-state index < -0.39 is 0 Å². The molecule has 0 spiro atoms. The van der Waals surface area contributed by atoms with Crippen LogP contribution in [0.15, 0.2) is 42.5 Å². The first kappa shape index (κ1) is 23.1. The second kappa shape index (κ2) is 9.55. The van der Waals surface area contributed by atoms with Gasteiger partial charge in [-0.25, -0.2) is 14.4 Å². The predicted octanol–water partition coefficient (Wildman–Crippen LogP) is 5.69. The van der Waals surface area contributed by atoms with E-state index >= 15 is 0 Å². The molecule has 3 aromatic rings. The molecule has 0 N–H and O–H groups in total. The van der Waals surface area contributed by atoms with Gasteiger partial charge in [0.2, 0.25) is 5.95 Å². The van der Waals surface area contributed by atoms with E-state index in [4.69, 9.17) is 33.2 Å². The number of hydrogen-bond acceptors (Lipinski definition) is 6. The first-order valence-electron chi connectivity index (χ1n) is 11.6. The predicted molar refractivity (Wildman–Crippen MR) is 137 cm³/mol. The number of rotatable bonds is 4. The zero-order valence-corrected chi connectivity index (χ0v) is 20.8. The third-order valence-corrected chi connectivity index (χ3v) is 7.17. The van der Waals surface area contributed by atoms with Gasteiger partial charge in [0.1, 0.15) is 22.6 Å². The van der Waals surface area contributed by atoms with Crippen molar-refractivity contribution >= 4 is 40.8 Å². The smallest absolute Gasteiger partial charge is 0.228 e. The second-order valence-corrected chi connectivity index (χ2v) is 9.83. The number of halogens is 3. The highest BCUT2D eigenvalue weighted by atomic mass is 35.5. The van der Waals surface area contributed by atoms with Gasteiger partial charge in [0.05, 0.1) is 10.7 Å². The van der Waals surface area contributed by atoms with Crippen LogP contribution in [0.5, 0.6) is 0 Å². The zero-order chi connectivity index (χ0) is 23.8. The normalized spacial score (nSPS) is 20.8. The minimum Gasteiger partial charge on any atom is -0.352 e. The Labute approximate surface area is 209 Å². The van der Waals surface area contributed by atoms with Crippen molar-refractivity contribution in [1.29, 1.82) is 0 Å². The number of benzene rings is 1. The summed E-state index contributed by atoms with van der Waals surface area (Å²) in [5.41, 5.74) is 1.67. The van der Waals surface area contributed by atoms with Crippen molar-refractivity contribution in [2.24, 2.45) is 0 Å². The maximum absolute atomic E-state index is 13.6. The number of nitrogens with zero attached hydrogens (tertiary/aromatic N) is 6. The molecule has 2 aliphatic rings. The molecular weight excluding hydrogens is 474 g/mol. The number of aromatic nitrogens is 3. The summed E-state index contributed by atoms with van der Waals surface area (Å²) in [7, 11) is 0. The van der Waals surface area contributed by atoms with Gasteiger partial charge in [-0.05, 0) is 63.1 Å². The van der Waals surface area contributed by atoms with Gasteiger partial charge in [-0.1, -0.05) is 23.2 Å². The van der Waals surface area contributed by atoms with Gasteiger partial charge in [-0.2, -0.15) is 4.98 Å². The Morgan fingerprint density at radius 1 is 0.882 bits per heavy atom. The first-order chi connectivity index (χ1) is 16.4. The van der Waals surface area contributed by atoms with E-state index in [2.05, 4.69) is 33.5 Å². The monoisotopic (exact) mass is 500 g/mol. The van der Waals surface area contributed by atoms with Crippen LogP contribution in [0, 0.1) is 5.82 Å². The summed E-state index contributed by atoms with van der Waals surface area (Å²) in [5, 5.41) is 1.02. The minimum absolute atomic E-state index is 0.158. The molecule has 2 aliphatic heterocycles. The third-order valence-electron chi connectivity index (χ3n) is 6.67. The molecule has 2 fully saturated rings. The lowest BCUT2D eigenvalue weighted by Crippen LogP contribution is -2.52. The van der Waals surface area contributed by atoms with E-state index in [1.54, 1.807) is 24.3 Å². The van der Waals surface area contributed by atoms with Gasteiger partial charge in [0.25, 0.3) is 0 Å². The van der Waals surface area contributed by atoms with Crippen LogP contribution in [-0.4, -0.2) is 53.2 Å². The fraction of sp³-hybridized carbons (Fsp3) is 0.400. The van der Waals surface area contributed by atoms with Crippen molar-refractivity contribution in [2.75, 3.05) is 40.9 Å². The van der Waals surface area contributed by atoms with Crippen molar-refractivity contribution in [3.05, 3.63) is 58.5 Å². The van der Waals surface area contributed by atoms with E-state index in [1.165, 1.54) is 12.1 Å². The highest BCUT2D eigenvalue weighted by molar-refractivity contribution is 6.34. The van der Waals surface area contributed by atoms with Gasteiger partial charge < -0.3 is 14.7 Å². The van der Waals surface area contributed by atoms with Crippen molar-refractivity contribution < 1.29 is 4.39 Å². The molecule has 178 valence electrons. The van der Waals surface area contributed by atoms with Crippen LogP contribution in [0.3, 0.4) is 0 Å². The molecule has 6 nitrogen and oxygen atoms in total. The molecule has 9 heteroatoms. The van der Waals surface area contributed by atoms with Crippen LogP contribution in [0.25, 0.3) is 11.3 Å². The van der Waals surface area contributed by atoms with E-state index in [0.717, 1.165) is 62.0 Å². The van der Waals surface area contributed by atoms with Crippen molar-refractivity contribution in [3.63, 3.8) is 0 Å². The summed E-state index contributed by atoms with van der Waals surface area (Å²) in [5.74, 6) is 2.06. The molecular formula is C25H27Cl2FN6. The molecule has 4 heterocycles. The van der Waals surface area contributed by atoms with Crippen molar-refractivity contribution in [1.82, 2.24) is 15.0 Å². The summed E-state index contributed by atoms with van der Waals surface area (Å²) < 4.78 is 13.6. The average molecular weight is 501 g/mol. The van der Waals surface area contributed by atoms with Gasteiger partial charge in [-0.15, -0.1) is 0 Å². The van der Waals surface area contributed by atoms with Crippen LogP contribution in [0.2, 0.25) is 10.2 Å². The van der Waals surface area contributed by atoms with E-state index in [-0.39, 0.29) is 11.9 Å². The number of anilines is 3. The fourth-order valence-electron chi connectivity index (χ4n) is 4.82. The number of piperazine rings is 1. The van der Waals surface area contributed by atoms with E-state index in [1.807, 2.05) is 6.07 Å².